The molecule has 5 rings (SSSR count). The van der Waals surface area contributed by atoms with Crippen LogP contribution in [0.5, 0.6) is 5.75 Å². The zero-order chi connectivity index (χ0) is 22.1. The van der Waals surface area contributed by atoms with Gasteiger partial charge in [0.25, 0.3) is 5.91 Å². The Hall–Kier alpha value is -3.42. The van der Waals surface area contributed by atoms with Crippen LogP contribution in [-0.4, -0.2) is 52.0 Å². The molecule has 4 heterocycles. The lowest BCUT2D eigenvalue weighted by molar-refractivity contribution is -0.0248. The lowest BCUT2D eigenvalue weighted by atomic mass is 10.1. The van der Waals surface area contributed by atoms with E-state index in [2.05, 4.69) is 9.97 Å². The van der Waals surface area contributed by atoms with Crippen molar-refractivity contribution in [1.29, 1.82) is 0 Å². The van der Waals surface area contributed by atoms with E-state index in [1.54, 1.807) is 40.9 Å². The number of imidazole rings is 1. The van der Waals surface area contributed by atoms with E-state index in [1.807, 2.05) is 42.6 Å². The summed E-state index contributed by atoms with van der Waals surface area (Å²) in [5, 5.41) is 0.587. The van der Waals surface area contributed by atoms with Crippen molar-refractivity contribution in [1.82, 2.24) is 19.3 Å². The average Bonchev–Trinajstić information content (AvgIpc) is 3.27. The molecule has 4 aromatic rings. The number of carbonyl (C=O) groups excluding carboxylic acids is 1. The Morgan fingerprint density at radius 2 is 2.06 bits per heavy atom. The fourth-order valence-corrected chi connectivity index (χ4v) is 3.98. The first-order valence-electron chi connectivity index (χ1n) is 10.3. The number of hydrogen-bond acceptors (Lipinski definition) is 5. The summed E-state index contributed by atoms with van der Waals surface area (Å²) >= 11 is 6.03. The van der Waals surface area contributed by atoms with Gasteiger partial charge in [0, 0.05) is 30.7 Å². The fourth-order valence-electron chi connectivity index (χ4n) is 3.81. The maximum Gasteiger partial charge on any atom is 0.274 e. The Kier molecular flexibility index (Phi) is 5.51. The van der Waals surface area contributed by atoms with Crippen LogP contribution in [0.2, 0.25) is 5.02 Å². The van der Waals surface area contributed by atoms with Crippen molar-refractivity contribution in [2.75, 3.05) is 26.8 Å². The number of pyridine rings is 2. The van der Waals surface area contributed by atoms with Crippen LogP contribution >= 0.6 is 11.6 Å². The lowest BCUT2D eigenvalue weighted by Gasteiger charge is -2.32. The van der Waals surface area contributed by atoms with Gasteiger partial charge in [-0.15, -0.1) is 0 Å². The summed E-state index contributed by atoms with van der Waals surface area (Å²) in [6, 6.07) is 15.3. The SMILES string of the molecule is COc1cccc(-c2ccc([C@@H]3CN(C(=O)c4cn5cc(Cl)ccc5n4)CCO3)nc2)c1. The van der Waals surface area contributed by atoms with Crippen LogP contribution in [0.1, 0.15) is 22.3 Å². The Labute approximate surface area is 190 Å². The summed E-state index contributed by atoms with van der Waals surface area (Å²) in [5.41, 5.74) is 3.86. The standard InChI is InChI=1S/C24H21ClN4O3/c1-31-19-4-2-3-16(11-19)17-5-7-20(26-12-17)22-15-28(9-10-32-22)24(30)21-14-29-13-18(25)6-8-23(29)27-21/h2-8,11-14,22H,9-10,15H2,1H3/t22-/m0/s1. The van der Waals surface area contributed by atoms with Gasteiger partial charge in [-0.3, -0.25) is 9.78 Å². The predicted molar refractivity (Wildman–Crippen MR) is 121 cm³/mol. The van der Waals surface area contributed by atoms with Crippen LogP contribution < -0.4 is 4.74 Å². The number of methoxy groups -OCH3 is 1. The summed E-state index contributed by atoms with van der Waals surface area (Å²) < 4.78 is 13.0. The van der Waals surface area contributed by atoms with E-state index in [4.69, 9.17) is 21.1 Å². The van der Waals surface area contributed by atoms with Crippen LogP contribution in [0.25, 0.3) is 16.8 Å². The molecule has 0 bridgehead atoms. The molecule has 0 spiro atoms. The minimum Gasteiger partial charge on any atom is -0.497 e. The second-order valence-electron chi connectivity index (χ2n) is 7.55. The van der Waals surface area contributed by atoms with Gasteiger partial charge in [0.2, 0.25) is 0 Å². The topological polar surface area (TPSA) is 69.0 Å². The number of aromatic nitrogens is 3. The van der Waals surface area contributed by atoms with E-state index < -0.39 is 0 Å². The van der Waals surface area contributed by atoms with E-state index in [0.29, 0.717) is 36.1 Å². The fraction of sp³-hybridized carbons (Fsp3) is 0.208. The smallest absolute Gasteiger partial charge is 0.274 e. The van der Waals surface area contributed by atoms with E-state index in [1.165, 1.54) is 0 Å². The molecule has 8 heteroatoms. The van der Waals surface area contributed by atoms with Crippen LogP contribution in [0.3, 0.4) is 0 Å². The highest BCUT2D eigenvalue weighted by Gasteiger charge is 2.28. The number of morpholine rings is 1. The molecule has 0 N–H and O–H groups in total. The number of fused-ring (bicyclic) bond motifs is 1. The summed E-state index contributed by atoms with van der Waals surface area (Å²) in [6.45, 7) is 1.36. The van der Waals surface area contributed by atoms with Crippen molar-refractivity contribution < 1.29 is 14.3 Å². The van der Waals surface area contributed by atoms with Crippen LogP contribution in [0.15, 0.2) is 67.1 Å². The zero-order valence-corrected chi connectivity index (χ0v) is 18.2. The summed E-state index contributed by atoms with van der Waals surface area (Å²) in [7, 11) is 1.65. The van der Waals surface area contributed by atoms with Gasteiger partial charge in [-0.2, -0.15) is 0 Å². The lowest BCUT2D eigenvalue weighted by Crippen LogP contribution is -2.42. The third-order valence-corrected chi connectivity index (χ3v) is 5.73. The van der Waals surface area contributed by atoms with Gasteiger partial charge in [-0.25, -0.2) is 4.98 Å². The number of benzene rings is 1. The number of amides is 1. The second-order valence-corrected chi connectivity index (χ2v) is 7.99. The van der Waals surface area contributed by atoms with Crippen molar-refractivity contribution in [2.45, 2.75) is 6.10 Å². The zero-order valence-electron chi connectivity index (χ0n) is 17.4. The highest BCUT2D eigenvalue weighted by Crippen LogP contribution is 2.26. The number of rotatable bonds is 4. The molecule has 1 fully saturated rings. The van der Waals surface area contributed by atoms with Crippen molar-refractivity contribution in [3.05, 3.63) is 83.5 Å². The molecule has 1 atom stereocenters. The first kappa shape index (κ1) is 20.5. The number of halogens is 1. The minimum atomic E-state index is -0.293. The molecule has 1 amide bonds. The first-order valence-corrected chi connectivity index (χ1v) is 10.6. The molecule has 0 radical (unpaired) electrons. The Morgan fingerprint density at radius 3 is 2.88 bits per heavy atom. The van der Waals surface area contributed by atoms with Crippen molar-refractivity contribution >= 4 is 23.2 Å². The molecular formula is C24H21ClN4O3. The van der Waals surface area contributed by atoms with Crippen molar-refractivity contribution in [2.24, 2.45) is 0 Å². The molecule has 1 aliphatic heterocycles. The molecule has 7 nitrogen and oxygen atoms in total. The number of nitrogens with zero attached hydrogens (tertiary/aromatic N) is 4. The van der Waals surface area contributed by atoms with E-state index in [-0.39, 0.29) is 12.0 Å². The average molecular weight is 449 g/mol. The van der Waals surface area contributed by atoms with E-state index in [0.717, 1.165) is 22.6 Å². The molecule has 0 aliphatic carbocycles. The highest BCUT2D eigenvalue weighted by molar-refractivity contribution is 6.30. The normalized spacial score (nSPS) is 16.3. The van der Waals surface area contributed by atoms with Gasteiger partial charge in [0.05, 0.1) is 31.0 Å². The van der Waals surface area contributed by atoms with Crippen LogP contribution in [0, 0.1) is 0 Å². The van der Waals surface area contributed by atoms with Gasteiger partial charge in [0.15, 0.2) is 0 Å². The highest BCUT2D eigenvalue weighted by atomic mass is 35.5. The maximum atomic E-state index is 13.1. The monoisotopic (exact) mass is 448 g/mol. The van der Waals surface area contributed by atoms with Gasteiger partial charge in [-0.1, -0.05) is 29.8 Å². The van der Waals surface area contributed by atoms with Crippen molar-refractivity contribution in [3.8, 4) is 16.9 Å². The van der Waals surface area contributed by atoms with E-state index in [9.17, 15) is 4.79 Å². The van der Waals surface area contributed by atoms with Crippen LogP contribution in [-0.2, 0) is 4.74 Å². The van der Waals surface area contributed by atoms with Gasteiger partial charge in [-0.05, 0) is 35.9 Å². The minimum absolute atomic E-state index is 0.133. The summed E-state index contributed by atoms with van der Waals surface area (Å²) in [4.78, 5) is 23.9. The molecule has 0 saturated carbocycles. The molecule has 32 heavy (non-hydrogen) atoms. The predicted octanol–water partition coefficient (Wildman–Crippen LogP) is 4.27. The molecule has 1 aliphatic rings. The second kappa shape index (κ2) is 8.61. The molecule has 0 unspecified atom stereocenters. The third kappa shape index (κ3) is 4.04. The van der Waals surface area contributed by atoms with Gasteiger partial charge < -0.3 is 18.8 Å². The largest absolute Gasteiger partial charge is 0.497 e. The summed E-state index contributed by atoms with van der Waals surface area (Å²) in [6.07, 6.45) is 4.96. The molecule has 162 valence electrons. The third-order valence-electron chi connectivity index (χ3n) is 5.51. The van der Waals surface area contributed by atoms with Gasteiger partial charge >= 0.3 is 0 Å². The molecule has 3 aromatic heterocycles. The Balaban J connectivity index is 1.32. The molecule has 1 aromatic carbocycles. The van der Waals surface area contributed by atoms with Crippen LogP contribution in [0.4, 0.5) is 0 Å². The number of hydrogen-bond donors (Lipinski definition) is 0. The van der Waals surface area contributed by atoms with Gasteiger partial charge in [0.1, 0.15) is 23.2 Å². The summed E-state index contributed by atoms with van der Waals surface area (Å²) in [5.74, 6) is 0.664. The first-order chi connectivity index (χ1) is 15.6. The Bertz CT molecular complexity index is 1270. The van der Waals surface area contributed by atoms with E-state index >= 15 is 0 Å². The quantitative estimate of drug-likeness (QED) is 0.466. The van der Waals surface area contributed by atoms with Crippen molar-refractivity contribution in [3.63, 3.8) is 0 Å². The molecular weight excluding hydrogens is 428 g/mol. The Morgan fingerprint density at radius 1 is 1.16 bits per heavy atom. The number of carbonyl (C=O) groups is 1. The molecule has 1 saturated heterocycles. The maximum absolute atomic E-state index is 13.1. The number of ether oxygens (including phenoxy) is 2.